The van der Waals surface area contributed by atoms with Crippen molar-refractivity contribution in [2.75, 3.05) is 25.5 Å². The first-order chi connectivity index (χ1) is 17.3. The van der Waals surface area contributed by atoms with Crippen molar-refractivity contribution < 1.29 is 8.78 Å². The first-order valence-electron chi connectivity index (χ1n) is 12.0. The minimum atomic E-state index is -0.711. The standard InChI is InChI=1S/C26H27F2N7O/c1-15(2)35-22-13-17(12-19(27)18(22)4-7-24(35)36)25-20(28)14-29-26(31-25)30-23-6-5-21(32-33-23)16-8-10-34(3)11-9-16/h4-7,12-16H,8-11H2,1-3H3,(H,29,30,31,33). The molecule has 1 aromatic carbocycles. The number of pyridine rings is 1. The first kappa shape index (κ1) is 23.9. The van der Waals surface area contributed by atoms with Crippen LogP contribution in [0.1, 0.15) is 44.3 Å². The quantitative estimate of drug-likeness (QED) is 0.434. The fraction of sp³-hybridized carbons (Fsp3) is 0.346. The summed E-state index contributed by atoms with van der Waals surface area (Å²) in [6.45, 7) is 5.72. The molecule has 1 fully saturated rings. The molecule has 0 aliphatic carbocycles. The van der Waals surface area contributed by atoms with Gasteiger partial charge in [-0.15, -0.1) is 5.10 Å². The molecule has 0 unspecified atom stereocenters. The molecule has 0 radical (unpaired) electrons. The molecular weight excluding hydrogens is 464 g/mol. The molecule has 0 amide bonds. The van der Waals surface area contributed by atoms with Crippen LogP contribution in [-0.2, 0) is 0 Å². The molecule has 0 atom stereocenters. The van der Waals surface area contributed by atoms with Crippen molar-refractivity contribution in [1.29, 1.82) is 0 Å². The van der Waals surface area contributed by atoms with Crippen LogP contribution >= 0.6 is 0 Å². The predicted octanol–water partition coefficient (Wildman–Crippen LogP) is 4.66. The number of hydrogen-bond donors (Lipinski definition) is 1. The molecule has 1 N–H and O–H groups in total. The highest BCUT2D eigenvalue weighted by Crippen LogP contribution is 2.29. The van der Waals surface area contributed by atoms with Gasteiger partial charge in [-0.1, -0.05) is 0 Å². The van der Waals surface area contributed by atoms with E-state index in [0.29, 0.717) is 17.3 Å². The van der Waals surface area contributed by atoms with Crippen LogP contribution in [0.4, 0.5) is 20.5 Å². The van der Waals surface area contributed by atoms with E-state index in [9.17, 15) is 13.6 Å². The maximum atomic E-state index is 15.0. The van der Waals surface area contributed by atoms with Gasteiger partial charge in [0.05, 0.1) is 17.4 Å². The molecular formula is C26H27F2N7O. The van der Waals surface area contributed by atoms with Gasteiger partial charge < -0.3 is 14.8 Å². The number of aromatic nitrogens is 5. The molecule has 186 valence electrons. The lowest BCUT2D eigenvalue weighted by molar-refractivity contribution is 0.253. The van der Waals surface area contributed by atoms with Crippen molar-refractivity contribution in [1.82, 2.24) is 29.6 Å². The monoisotopic (exact) mass is 491 g/mol. The summed E-state index contributed by atoms with van der Waals surface area (Å²) in [6, 6.07) is 9.07. The molecule has 1 aliphatic rings. The summed E-state index contributed by atoms with van der Waals surface area (Å²) in [5.41, 5.74) is 1.16. The van der Waals surface area contributed by atoms with Crippen molar-refractivity contribution in [2.24, 2.45) is 0 Å². The van der Waals surface area contributed by atoms with Crippen molar-refractivity contribution in [3.05, 3.63) is 70.3 Å². The lowest BCUT2D eigenvalue weighted by Crippen LogP contribution is -2.29. The molecule has 36 heavy (non-hydrogen) atoms. The van der Waals surface area contributed by atoms with E-state index in [4.69, 9.17) is 0 Å². The van der Waals surface area contributed by atoms with Crippen LogP contribution in [0.15, 0.2) is 47.4 Å². The van der Waals surface area contributed by atoms with E-state index in [2.05, 4.69) is 37.4 Å². The second-order valence-corrected chi connectivity index (χ2v) is 9.46. The van der Waals surface area contributed by atoms with Gasteiger partial charge in [-0.05, 0) is 77.2 Å². The topological polar surface area (TPSA) is 88.8 Å². The number of likely N-dealkylation sites (tertiary alicyclic amines) is 1. The minimum absolute atomic E-state index is 0.0872. The molecule has 3 aromatic heterocycles. The molecule has 4 aromatic rings. The maximum Gasteiger partial charge on any atom is 0.251 e. The Balaban J connectivity index is 1.45. The van der Waals surface area contributed by atoms with Crippen molar-refractivity contribution in [3.63, 3.8) is 0 Å². The Morgan fingerprint density at radius 3 is 2.50 bits per heavy atom. The summed E-state index contributed by atoms with van der Waals surface area (Å²) in [6.07, 6.45) is 3.10. The third kappa shape index (κ3) is 4.68. The number of rotatable bonds is 5. The van der Waals surface area contributed by atoms with Crippen molar-refractivity contribution in [2.45, 2.75) is 38.6 Å². The van der Waals surface area contributed by atoms with Gasteiger partial charge >= 0.3 is 0 Å². The van der Waals surface area contributed by atoms with Gasteiger partial charge in [0.15, 0.2) is 11.6 Å². The third-order valence-corrected chi connectivity index (χ3v) is 6.59. The summed E-state index contributed by atoms with van der Waals surface area (Å²) in [4.78, 5) is 23.0. The number of halogens is 2. The number of hydrogen-bond acceptors (Lipinski definition) is 7. The summed E-state index contributed by atoms with van der Waals surface area (Å²) < 4.78 is 31.2. The molecule has 0 saturated carbocycles. The Labute approximate surface area is 207 Å². The molecule has 8 nitrogen and oxygen atoms in total. The van der Waals surface area contributed by atoms with Crippen molar-refractivity contribution in [3.8, 4) is 11.3 Å². The van der Waals surface area contributed by atoms with Crippen LogP contribution in [0.5, 0.6) is 0 Å². The van der Waals surface area contributed by atoms with E-state index < -0.39 is 11.6 Å². The van der Waals surface area contributed by atoms with Gasteiger partial charge in [0.1, 0.15) is 11.5 Å². The van der Waals surface area contributed by atoms with Crippen LogP contribution in [-0.4, -0.2) is 49.8 Å². The number of nitrogens with one attached hydrogen (secondary N) is 1. The summed E-state index contributed by atoms with van der Waals surface area (Å²) in [5.74, 6) is -0.384. The molecule has 1 aliphatic heterocycles. The molecule has 1 saturated heterocycles. The SMILES string of the molecule is CC(C)n1c(=O)ccc2c(F)cc(-c3nc(Nc4ccc(C5CCN(C)CC5)nn4)ncc3F)cc21. The average molecular weight is 492 g/mol. The lowest BCUT2D eigenvalue weighted by atomic mass is 9.94. The van der Waals surface area contributed by atoms with Gasteiger partial charge in [0, 0.05) is 29.0 Å². The minimum Gasteiger partial charge on any atom is -0.307 e. The smallest absolute Gasteiger partial charge is 0.251 e. The van der Waals surface area contributed by atoms with Crippen molar-refractivity contribution >= 4 is 22.7 Å². The number of fused-ring (bicyclic) bond motifs is 1. The maximum absolute atomic E-state index is 15.0. The first-order valence-corrected chi connectivity index (χ1v) is 12.0. The molecule has 4 heterocycles. The number of benzene rings is 1. The summed E-state index contributed by atoms with van der Waals surface area (Å²) in [5, 5.41) is 11.8. The zero-order chi connectivity index (χ0) is 25.4. The Morgan fingerprint density at radius 2 is 1.81 bits per heavy atom. The van der Waals surface area contributed by atoms with E-state index >= 15 is 0 Å². The van der Waals surface area contributed by atoms with Gasteiger partial charge in [-0.3, -0.25) is 4.79 Å². The predicted molar refractivity (Wildman–Crippen MR) is 134 cm³/mol. The third-order valence-electron chi connectivity index (χ3n) is 6.59. The van der Waals surface area contributed by atoms with E-state index in [-0.39, 0.29) is 34.2 Å². The zero-order valence-electron chi connectivity index (χ0n) is 20.4. The fourth-order valence-electron chi connectivity index (χ4n) is 4.67. The highest BCUT2D eigenvalue weighted by molar-refractivity contribution is 5.85. The Bertz CT molecular complexity index is 1460. The zero-order valence-corrected chi connectivity index (χ0v) is 20.4. The van der Waals surface area contributed by atoms with E-state index in [1.807, 2.05) is 19.9 Å². The van der Waals surface area contributed by atoms with Crippen LogP contribution in [0, 0.1) is 11.6 Å². The second-order valence-electron chi connectivity index (χ2n) is 9.46. The van der Waals surface area contributed by atoms with Gasteiger partial charge in [-0.25, -0.2) is 18.7 Å². The summed E-state index contributed by atoms with van der Waals surface area (Å²) in [7, 11) is 2.11. The van der Waals surface area contributed by atoms with Crippen LogP contribution < -0.4 is 10.9 Å². The molecule has 0 bridgehead atoms. The number of nitrogens with zero attached hydrogens (tertiary/aromatic N) is 6. The second kappa shape index (κ2) is 9.69. The van der Waals surface area contributed by atoms with Gasteiger partial charge in [-0.2, -0.15) is 5.10 Å². The molecule has 5 rings (SSSR count). The van der Waals surface area contributed by atoms with E-state index in [0.717, 1.165) is 37.8 Å². The Morgan fingerprint density at radius 1 is 1.03 bits per heavy atom. The van der Waals surface area contributed by atoms with Gasteiger partial charge in [0.2, 0.25) is 5.95 Å². The highest BCUT2D eigenvalue weighted by Gasteiger charge is 2.20. The van der Waals surface area contributed by atoms with E-state index in [1.54, 1.807) is 12.1 Å². The van der Waals surface area contributed by atoms with E-state index in [1.165, 1.54) is 22.8 Å². The number of anilines is 2. The van der Waals surface area contributed by atoms with Gasteiger partial charge in [0.25, 0.3) is 5.56 Å². The average Bonchev–Trinajstić information content (AvgIpc) is 2.85. The fourth-order valence-corrected chi connectivity index (χ4v) is 4.67. The van der Waals surface area contributed by atoms with Crippen LogP contribution in [0.3, 0.4) is 0 Å². The number of piperidine rings is 1. The molecule has 0 spiro atoms. The Hall–Kier alpha value is -3.79. The lowest BCUT2D eigenvalue weighted by Gasteiger charge is -2.28. The Kier molecular flexibility index (Phi) is 6.44. The highest BCUT2D eigenvalue weighted by atomic mass is 19.1. The van der Waals surface area contributed by atoms with Crippen LogP contribution in [0.25, 0.3) is 22.2 Å². The summed E-state index contributed by atoms with van der Waals surface area (Å²) >= 11 is 0. The van der Waals surface area contributed by atoms with Crippen LogP contribution in [0.2, 0.25) is 0 Å². The largest absolute Gasteiger partial charge is 0.307 e. The molecule has 10 heteroatoms. The normalized spacial score (nSPS) is 15.1.